The van der Waals surface area contributed by atoms with E-state index >= 15 is 0 Å². The van der Waals surface area contributed by atoms with Gasteiger partial charge in [-0.2, -0.15) is 0 Å². The third kappa shape index (κ3) is 2.47. The molecule has 144 valence electrons. The van der Waals surface area contributed by atoms with Crippen molar-refractivity contribution in [3.8, 4) is 11.5 Å². The van der Waals surface area contributed by atoms with Gasteiger partial charge >= 0.3 is 0 Å². The number of Topliss-reactive ketones (excluding diaryl/α,β-unsaturated/α-hetero) is 1. The maximum absolute atomic E-state index is 13.2. The first-order chi connectivity index (χ1) is 12.8. The number of rotatable bonds is 0. The quantitative estimate of drug-likeness (QED) is 0.718. The molecule has 27 heavy (non-hydrogen) atoms. The van der Waals surface area contributed by atoms with Crippen LogP contribution in [0, 0.1) is 0 Å². The fourth-order valence-corrected chi connectivity index (χ4v) is 4.42. The molecule has 4 heterocycles. The van der Waals surface area contributed by atoms with Gasteiger partial charge in [0.25, 0.3) is 5.91 Å². The van der Waals surface area contributed by atoms with Gasteiger partial charge in [-0.05, 0) is 37.1 Å². The molecule has 2 saturated heterocycles. The van der Waals surface area contributed by atoms with Crippen molar-refractivity contribution in [1.82, 2.24) is 4.90 Å². The largest absolute Gasteiger partial charge is 0.454 e. The Morgan fingerprint density at radius 2 is 1.89 bits per heavy atom. The third-order valence-corrected chi connectivity index (χ3v) is 5.74. The highest BCUT2D eigenvalue weighted by Crippen LogP contribution is 2.44. The molecule has 0 saturated carbocycles. The molecule has 2 fully saturated rings. The summed E-state index contributed by atoms with van der Waals surface area (Å²) in [7, 11) is 0. The first-order valence-corrected chi connectivity index (χ1v) is 9.10. The number of carbonyl (C=O) groups excluding carboxylic acids is 2. The molecule has 1 N–H and O–H groups in total. The minimum atomic E-state index is -1.71. The van der Waals surface area contributed by atoms with Gasteiger partial charge < -0.3 is 29.0 Å². The van der Waals surface area contributed by atoms with Crippen molar-refractivity contribution in [2.45, 2.75) is 56.8 Å². The van der Waals surface area contributed by atoms with Crippen LogP contribution in [0.1, 0.15) is 37.8 Å². The highest BCUT2D eigenvalue weighted by molar-refractivity contribution is 5.92. The lowest BCUT2D eigenvalue weighted by molar-refractivity contribution is -0.164. The van der Waals surface area contributed by atoms with Crippen molar-refractivity contribution in [1.29, 1.82) is 0 Å². The summed E-state index contributed by atoms with van der Waals surface area (Å²) in [6, 6.07) is 3.41. The molecule has 0 aromatic heterocycles. The Morgan fingerprint density at radius 1 is 1.15 bits per heavy atom. The molecule has 0 unspecified atom stereocenters. The van der Waals surface area contributed by atoms with Crippen LogP contribution in [0.3, 0.4) is 0 Å². The van der Waals surface area contributed by atoms with Crippen molar-refractivity contribution < 1.29 is 33.6 Å². The first-order valence-electron chi connectivity index (χ1n) is 9.10. The van der Waals surface area contributed by atoms with Crippen LogP contribution in [0.15, 0.2) is 12.1 Å². The number of hydrogen-bond acceptors (Lipinski definition) is 7. The number of aliphatic hydroxyl groups is 1. The molecular weight excluding hydrogens is 354 g/mol. The Labute approximate surface area is 155 Å². The SMILES string of the molecule is CC1(C)O[C@H]2CC(=O)[C@]3(O)CCN(Cc4cc5c(cc43)OCO5)C(=O)[C@@H]2O1. The molecule has 1 aromatic rings. The highest BCUT2D eigenvalue weighted by Gasteiger charge is 2.53. The van der Waals surface area contributed by atoms with Gasteiger partial charge in [-0.25, -0.2) is 0 Å². The van der Waals surface area contributed by atoms with Crippen molar-refractivity contribution >= 4 is 11.7 Å². The lowest BCUT2D eigenvalue weighted by Gasteiger charge is -2.28. The molecule has 3 atom stereocenters. The second-order valence-electron chi connectivity index (χ2n) is 7.95. The summed E-state index contributed by atoms with van der Waals surface area (Å²) in [5.74, 6) is -0.521. The van der Waals surface area contributed by atoms with E-state index in [-0.39, 0.29) is 44.4 Å². The van der Waals surface area contributed by atoms with E-state index < -0.39 is 23.6 Å². The second-order valence-corrected chi connectivity index (χ2v) is 7.95. The van der Waals surface area contributed by atoms with E-state index in [1.54, 1.807) is 30.9 Å². The molecule has 8 heteroatoms. The Morgan fingerprint density at radius 3 is 2.67 bits per heavy atom. The van der Waals surface area contributed by atoms with Crippen LogP contribution >= 0.6 is 0 Å². The molecule has 2 bridgehead atoms. The molecule has 1 aromatic carbocycles. The lowest BCUT2D eigenvalue weighted by atomic mass is 9.81. The van der Waals surface area contributed by atoms with Gasteiger partial charge in [0.15, 0.2) is 29.2 Å². The summed E-state index contributed by atoms with van der Waals surface area (Å²) in [6.45, 7) is 4.03. The number of carbonyl (C=O) groups is 2. The highest BCUT2D eigenvalue weighted by atomic mass is 16.8. The molecule has 4 aliphatic heterocycles. The minimum Gasteiger partial charge on any atom is -0.454 e. The van der Waals surface area contributed by atoms with Gasteiger partial charge in [-0.1, -0.05) is 0 Å². The average molecular weight is 375 g/mol. The fraction of sp³-hybridized carbons (Fsp3) is 0.579. The van der Waals surface area contributed by atoms with E-state index in [4.69, 9.17) is 18.9 Å². The number of nitrogens with zero attached hydrogens (tertiary/aromatic N) is 1. The summed E-state index contributed by atoms with van der Waals surface area (Å²) in [6.07, 6.45) is -1.56. The number of hydrogen-bond donors (Lipinski definition) is 1. The van der Waals surface area contributed by atoms with Crippen LogP contribution < -0.4 is 9.47 Å². The summed E-state index contributed by atoms with van der Waals surface area (Å²) >= 11 is 0. The predicted octanol–water partition coefficient (Wildman–Crippen LogP) is 0.828. The topological polar surface area (TPSA) is 94.5 Å². The second kappa shape index (κ2) is 5.43. The van der Waals surface area contributed by atoms with Gasteiger partial charge in [-0.3, -0.25) is 9.59 Å². The average Bonchev–Trinajstić information content (AvgIpc) is 3.15. The number of ether oxygens (including phenoxy) is 4. The van der Waals surface area contributed by atoms with E-state index in [2.05, 4.69) is 0 Å². The smallest absolute Gasteiger partial charge is 0.254 e. The van der Waals surface area contributed by atoms with E-state index in [0.717, 1.165) is 0 Å². The monoisotopic (exact) mass is 375 g/mol. The molecule has 4 aliphatic rings. The zero-order valence-electron chi connectivity index (χ0n) is 15.2. The van der Waals surface area contributed by atoms with E-state index in [1.165, 1.54) is 0 Å². The van der Waals surface area contributed by atoms with Crippen LogP contribution in [-0.4, -0.2) is 53.0 Å². The van der Waals surface area contributed by atoms with Gasteiger partial charge in [-0.15, -0.1) is 0 Å². The van der Waals surface area contributed by atoms with Crippen molar-refractivity contribution in [3.05, 3.63) is 23.3 Å². The van der Waals surface area contributed by atoms with Crippen molar-refractivity contribution in [3.63, 3.8) is 0 Å². The normalized spacial score (nSPS) is 33.8. The molecule has 0 radical (unpaired) electrons. The Kier molecular flexibility index (Phi) is 3.42. The summed E-state index contributed by atoms with van der Waals surface area (Å²) < 4.78 is 22.5. The first kappa shape index (κ1) is 17.0. The van der Waals surface area contributed by atoms with Gasteiger partial charge in [0.2, 0.25) is 6.79 Å². The maximum atomic E-state index is 13.2. The molecular formula is C19H21NO7. The predicted molar refractivity (Wildman–Crippen MR) is 89.9 cm³/mol. The Bertz CT molecular complexity index is 851. The van der Waals surface area contributed by atoms with Crippen LogP contribution in [0.4, 0.5) is 0 Å². The minimum absolute atomic E-state index is 0.0914. The zero-order chi connectivity index (χ0) is 19.0. The molecule has 1 amide bonds. The van der Waals surface area contributed by atoms with E-state index in [1.807, 2.05) is 0 Å². The van der Waals surface area contributed by atoms with Crippen LogP contribution in [0.25, 0.3) is 0 Å². The number of fused-ring (bicyclic) bond motifs is 7. The van der Waals surface area contributed by atoms with Crippen LogP contribution in [-0.2, 0) is 31.2 Å². The number of amides is 1. The molecule has 0 spiro atoms. The van der Waals surface area contributed by atoms with Crippen LogP contribution in [0.5, 0.6) is 11.5 Å². The Hall–Kier alpha value is -2.16. The van der Waals surface area contributed by atoms with Gasteiger partial charge in [0, 0.05) is 25.9 Å². The van der Waals surface area contributed by atoms with Crippen LogP contribution in [0.2, 0.25) is 0 Å². The number of ketones is 1. The van der Waals surface area contributed by atoms with Crippen molar-refractivity contribution in [2.24, 2.45) is 0 Å². The summed E-state index contributed by atoms with van der Waals surface area (Å²) in [4.78, 5) is 28.0. The number of benzene rings is 1. The molecule has 8 nitrogen and oxygen atoms in total. The molecule has 5 rings (SSSR count). The fourth-order valence-electron chi connectivity index (χ4n) is 4.42. The van der Waals surface area contributed by atoms with E-state index in [0.29, 0.717) is 22.6 Å². The van der Waals surface area contributed by atoms with Crippen molar-refractivity contribution in [2.75, 3.05) is 13.3 Å². The van der Waals surface area contributed by atoms with Gasteiger partial charge in [0.05, 0.1) is 0 Å². The maximum Gasteiger partial charge on any atom is 0.254 e. The summed E-state index contributed by atoms with van der Waals surface area (Å²) in [5.41, 5.74) is -0.558. The van der Waals surface area contributed by atoms with Gasteiger partial charge in [0.1, 0.15) is 11.7 Å². The molecule has 0 aliphatic carbocycles. The lowest BCUT2D eigenvalue weighted by Crippen LogP contribution is -2.44. The Balaban J connectivity index is 1.65. The summed E-state index contributed by atoms with van der Waals surface area (Å²) in [5, 5.41) is 11.4. The zero-order valence-corrected chi connectivity index (χ0v) is 15.2. The third-order valence-electron chi connectivity index (χ3n) is 5.74. The van der Waals surface area contributed by atoms with E-state index in [9.17, 15) is 14.7 Å². The standard InChI is InChI=1S/C19H21NO7/c1-18(2)26-14-7-15(21)19(23)3-4-20(17(22)16(14)27-18)8-10-5-12-13(6-11(10)19)25-9-24-12/h5-6,14,16,23H,3-4,7-9H2,1-2H3/t14-,16+,19-/m0/s1.